The summed E-state index contributed by atoms with van der Waals surface area (Å²) < 4.78 is 0. The van der Waals surface area contributed by atoms with E-state index < -0.39 is 13.5 Å². The van der Waals surface area contributed by atoms with Crippen LogP contribution in [0.3, 0.4) is 0 Å². The molecule has 296 valence electrons. The van der Waals surface area contributed by atoms with Crippen molar-refractivity contribution in [1.82, 2.24) is 0 Å². The fourth-order valence-electron chi connectivity index (χ4n) is 11.6. The summed E-state index contributed by atoms with van der Waals surface area (Å²) in [5.41, 5.74) is 21.4. The van der Waals surface area contributed by atoms with Gasteiger partial charge in [-0.05, 0) is 125 Å². The van der Waals surface area contributed by atoms with Gasteiger partial charge in [0.25, 0.3) is 0 Å². The molecule has 1 spiro atoms. The minimum atomic E-state index is -2.02. The molecule has 9 aromatic rings. The van der Waals surface area contributed by atoms with E-state index in [1.54, 1.807) is 0 Å². The zero-order valence-electron chi connectivity index (χ0n) is 35.7. The van der Waals surface area contributed by atoms with Crippen molar-refractivity contribution in [1.29, 1.82) is 0 Å². The maximum atomic E-state index is 2.53. The molecular formula is C60H47NSi. The highest BCUT2D eigenvalue weighted by Gasteiger charge is 2.53. The number of benzene rings is 9. The molecule has 0 radical (unpaired) electrons. The van der Waals surface area contributed by atoms with Crippen molar-refractivity contribution in [2.45, 2.75) is 37.8 Å². The third kappa shape index (κ3) is 5.14. The van der Waals surface area contributed by atoms with Gasteiger partial charge in [0.1, 0.15) is 8.07 Å². The van der Waals surface area contributed by atoms with Crippen LogP contribution in [-0.2, 0) is 10.8 Å². The summed E-state index contributed by atoms with van der Waals surface area (Å²) in [6.07, 6.45) is 0. The van der Waals surface area contributed by atoms with E-state index in [0.29, 0.717) is 0 Å². The number of hydrogen-bond donors (Lipinski definition) is 0. The van der Waals surface area contributed by atoms with Crippen LogP contribution in [0.5, 0.6) is 0 Å². The first-order chi connectivity index (χ1) is 30.3. The van der Waals surface area contributed by atoms with E-state index in [4.69, 9.17) is 0 Å². The summed E-state index contributed by atoms with van der Waals surface area (Å²) in [4.78, 5) is 2.50. The van der Waals surface area contributed by atoms with Gasteiger partial charge in [-0.1, -0.05) is 203 Å². The van der Waals surface area contributed by atoms with Gasteiger partial charge < -0.3 is 4.90 Å². The number of fused-ring (bicyclic) bond motifs is 12. The minimum absolute atomic E-state index is 0.126. The van der Waals surface area contributed by atoms with E-state index in [2.05, 4.69) is 244 Å². The molecule has 1 aliphatic heterocycles. The Morgan fingerprint density at radius 1 is 0.323 bits per heavy atom. The Labute approximate surface area is 366 Å². The van der Waals surface area contributed by atoms with Gasteiger partial charge in [-0.25, -0.2) is 0 Å². The third-order valence-electron chi connectivity index (χ3n) is 14.6. The van der Waals surface area contributed by atoms with Crippen molar-refractivity contribution in [2.75, 3.05) is 4.90 Å². The number of rotatable bonds is 5. The summed E-state index contributed by atoms with van der Waals surface area (Å²) in [5.74, 6) is 0. The van der Waals surface area contributed by atoms with Crippen molar-refractivity contribution in [3.05, 3.63) is 246 Å². The summed E-state index contributed by atoms with van der Waals surface area (Å²) in [5, 5.41) is 3.05. The molecule has 0 saturated heterocycles. The van der Waals surface area contributed by atoms with Crippen LogP contribution < -0.4 is 15.3 Å². The molecule has 0 aromatic heterocycles. The van der Waals surface area contributed by atoms with Gasteiger partial charge in [0, 0.05) is 22.5 Å². The van der Waals surface area contributed by atoms with Crippen LogP contribution in [0, 0.1) is 0 Å². The molecule has 0 bridgehead atoms. The summed E-state index contributed by atoms with van der Waals surface area (Å²) in [6, 6.07) is 80.1. The van der Waals surface area contributed by atoms with Gasteiger partial charge in [0.15, 0.2) is 0 Å². The number of anilines is 3. The van der Waals surface area contributed by atoms with Gasteiger partial charge in [-0.2, -0.15) is 0 Å². The normalized spacial score (nSPS) is 15.2. The monoisotopic (exact) mass is 809 g/mol. The molecule has 2 heteroatoms. The molecule has 1 heterocycles. The fourth-order valence-corrected chi connectivity index (χ4v) is 14.8. The van der Waals surface area contributed by atoms with Crippen LogP contribution in [0.25, 0.3) is 44.5 Å². The molecule has 0 N–H and O–H groups in total. The van der Waals surface area contributed by atoms with Crippen molar-refractivity contribution in [3.63, 3.8) is 0 Å². The van der Waals surface area contributed by atoms with E-state index in [-0.39, 0.29) is 5.41 Å². The summed E-state index contributed by atoms with van der Waals surface area (Å²) >= 11 is 0. The maximum Gasteiger partial charge on any atom is 0.113 e. The predicted octanol–water partition coefficient (Wildman–Crippen LogP) is 14.3. The van der Waals surface area contributed by atoms with Crippen LogP contribution in [0.2, 0.25) is 13.1 Å². The third-order valence-corrected chi connectivity index (χ3v) is 18.1. The molecule has 2 aliphatic carbocycles. The first-order valence-electron chi connectivity index (χ1n) is 22.0. The van der Waals surface area contributed by atoms with Gasteiger partial charge in [-0.3, -0.25) is 0 Å². The lowest BCUT2D eigenvalue weighted by molar-refractivity contribution is 0.660. The number of nitrogens with zero attached hydrogens (tertiary/aromatic N) is 1. The van der Waals surface area contributed by atoms with Crippen molar-refractivity contribution >= 4 is 35.5 Å². The smallest absolute Gasteiger partial charge is 0.113 e. The molecule has 0 atom stereocenters. The quantitative estimate of drug-likeness (QED) is 0.157. The number of hydrogen-bond acceptors (Lipinski definition) is 1. The average Bonchev–Trinajstić information content (AvgIpc) is 3.74. The molecule has 0 unspecified atom stereocenters. The lowest BCUT2D eigenvalue weighted by Gasteiger charge is -2.46. The molecule has 3 aliphatic rings. The SMILES string of the molecule is CC1(C)c2ccccc2-c2ccc(N(c3ccc(-c4ccc(-c5ccccc5)cc4)cc3)c3ccc4c(c3)C3(c5ccccc5-4)c4ccccc4[Si](C)(C)c4ccccc43)cc21. The Bertz CT molecular complexity index is 3180. The topological polar surface area (TPSA) is 3.24 Å². The first-order valence-corrected chi connectivity index (χ1v) is 25.0. The summed E-state index contributed by atoms with van der Waals surface area (Å²) in [6.45, 7) is 9.82. The Morgan fingerprint density at radius 3 is 1.29 bits per heavy atom. The second-order valence-corrected chi connectivity index (χ2v) is 22.8. The van der Waals surface area contributed by atoms with E-state index >= 15 is 0 Å². The zero-order chi connectivity index (χ0) is 41.8. The van der Waals surface area contributed by atoms with E-state index in [9.17, 15) is 0 Å². The van der Waals surface area contributed by atoms with Gasteiger partial charge in [-0.15, -0.1) is 0 Å². The highest BCUT2D eigenvalue weighted by molar-refractivity contribution is 7.01. The Hall–Kier alpha value is -7.00. The standard InChI is InChI=1S/C60H47NSi/c1-59(2)51-20-10-8-18-47(51)49-36-34-45(38-55(49)59)61(44-32-30-43(31-33-44)42-28-26-41(27-29-42)40-16-6-5-7-17-40)46-35-37-50-48-19-9-11-21-52(48)60(56(50)39-46)53-22-12-14-24-57(53)62(3,4)58-25-15-13-23-54(58)60/h5-39H,1-4H3. The second-order valence-electron chi connectivity index (χ2n) is 18.5. The molecule has 0 saturated carbocycles. The summed E-state index contributed by atoms with van der Waals surface area (Å²) in [7, 11) is -2.02. The van der Waals surface area contributed by atoms with Gasteiger partial charge in [0.05, 0.1) is 5.41 Å². The van der Waals surface area contributed by atoms with Crippen molar-refractivity contribution in [2.24, 2.45) is 0 Å². The lowest BCUT2D eigenvalue weighted by atomic mass is 9.67. The Kier molecular flexibility index (Phi) is 8.02. The fraction of sp³-hybridized carbons (Fsp3) is 0.100. The molecule has 12 rings (SSSR count). The van der Waals surface area contributed by atoms with E-state index in [0.717, 1.165) is 17.1 Å². The molecule has 1 nitrogen and oxygen atoms in total. The van der Waals surface area contributed by atoms with Crippen LogP contribution in [0.4, 0.5) is 17.1 Å². The molecule has 0 amide bonds. The van der Waals surface area contributed by atoms with Gasteiger partial charge >= 0.3 is 0 Å². The molecule has 0 fully saturated rings. The first kappa shape index (κ1) is 36.8. The second kappa shape index (κ2) is 13.5. The Balaban J connectivity index is 1.06. The Morgan fingerprint density at radius 2 is 0.710 bits per heavy atom. The predicted molar refractivity (Wildman–Crippen MR) is 264 cm³/mol. The van der Waals surface area contributed by atoms with Crippen molar-refractivity contribution in [3.8, 4) is 44.5 Å². The minimum Gasteiger partial charge on any atom is -0.310 e. The largest absolute Gasteiger partial charge is 0.310 e. The molecule has 62 heavy (non-hydrogen) atoms. The van der Waals surface area contributed by atoms with Crippen LogP contribution in [0.1, 0.15) is 47.2 Å². The highest BCUT2D eigenvalue weighted by atomic mass is 28.3. The molecular weight excluding hydrogens is 763 g/mol. The van der Waals surface area contributed by atoms with Crippen LogP contribution in [0.15, 0.2) is 212 Å². The highest BCUT2D eigenvalue weighted by Crippen LogP contribution is 2.58. The van der Waals surface area contributed by atoms with Crippen molar-refractivity contribution < 1.29 is 0 Å². The van der Waals surface area contributed by atoms with Crippen LogP contribution in [-0.4, -0.2) is 8.07 Å². The van der Waals surface area contributed by atoms with Crippen LogP contribution >= 0.6 is 0 Å². The van der Waals surface area contributed by atoms with Gasteiger partial charge in [0.2, 0.25) is 0 Å². The van der Waals surface area contributed by atoms with E-state index in [1.807, 2.05) is 0 Å². The zero-order valence-corrected chi connectivity index (χ0v) is 36.7. The van der Waals surface area contributed by atoms with E-state index in [1.165, 1.54) is 88.3 Å². The average molecular weight is 810 g/mol. The maximum absolute atomic E-state index is 2.53. The lowest BCUT2D eigenvalue weighted by Crippen LogP contribution is -2.63. The molecule has 9 aromatic carbocycles.